The second-order valence-corrected chi connectivity index (χ2v) is 10.4. The maximum absolute atomic E-state index is 13.3. The lowest BCUT2D eigenvalue weighted by atomic mass is 9.87. The van der Waals surface area contributed by atoms with E-state index >= 15 is 0 Å². The molecule has 5 nitrogen and oxygen atoms in total. The molecule has 2 atom stereocenters. The topological polar surface area (TPSA) is 58.6 Å². The van der Waals surface area contributed by atoms with Crippen LogP contribution in [0.4, 0.5) is 0 Å². The molecule has 0 aliphatic carbocycles. The average Bonchev–Trinajstić information content (AvgIpc) is 2.79. The van der Waals surface area contributed by atoms with Gasteiger partial charge in [0.2, 0.25) is 5.91 Å². The van der Waals surface area contributed by atoms with Crippen LogP contribution in [0, 0.1) is 0 Å². The summed E-state index contributed by atoms with van der Waals surface area (Å²) in [5, 5.41) is 3.83. The number of halogens is 2. The van der Waals surface area contributed by atoms with Crippen LogP contribution in [-0.4, -0.2) is 35.4 Å². The van der Waals surface area contributed by atoms with Crippen LogP contribution >= 0.6 is 23.2 Å². The summed E-state index contributed by atoms with van der Waals surface area (Å²) in [6, 6.07) is 12.3. The van der Waals surface area contributed by atoms with Gasteiger partial charge in [-0.3, -0.25) is 9.59 Å². The Morgan fingerprint density at radius 2 is 1.65 bits per heavy atom. The molecular formula is C27H36Cl2N2O3. The number of nitrogens with zero attached hydrogens (tertiary/aromatic N) is 1. The first-order valence-electron chi connectivity index (χ1n) is 11.7. The molecule has 0 aliphatic rings. The molecule has 2 amide bonds. The maximum atomic E-state index is 13.3. The van der Waals surface area contributed by atoms with E-state index in [1.165, 1.54) is 5.56 Å². The second-order valence-electron chi connectivity index (χ2n) is 9.58. The van der Waals surface area contributed by atoms with E-state index in [4.69, 9.17) is 27.9 Å². The molecule has 0 saturated heterocycles. The highest BCUT2D eigenvalue weighted by Crippen LogP contribution is 2.25. The molecule has 2 rings (SSSR count). The lowest BCUT2D eigenvalue weighted by Gasteiger charge is -2.31. The van der Waals surface area contributed by atoms with Crippen molar-refractivity contribution in [1.82, 2.24) is 10.2 Å². The zero-order chi connectivity index (χ0) is 25.5. The maximum Gasteiger partial charge on any atom is 0.261 e. The third kappa shape index (κ3) is 7.92. The number of nitrogens with one attached hydrogen (secondary N) is 1. The zero-order valence-electron chi connectivity index (χ0n) is 21.0. The molecular weight excluding hydrogens is 471 g/mol. The van der Waals surface area contributed by atoms with Crippen LogP contribution in [0.3, 0.4) is 0 Å². The molecule has 7 heteroatoms. The fraction of sp³-hybridized carbons (Fsp3) is 0.481. The van der Waals surface area contributed by atoms with E-state index < -0.39 is 6.04 Å². The number of carbonyl (C=O) groups is 2. The van der Waals surface area contributed by atoms with Gasteiger partial charge in [0.15, 0.2) is 6.61 Å². The van der Waals surface area contributed by atoms with Crippen molar-refractivity contribution in [2.75, 3.05) is 6.61 Å². The minimum absolute atomic E-state index is 0.0149. The number of amides is 2. The molecule has 0 heterocycles. The number of rotatable bonds is 10. The van der Waals surface area contributed by atoms with Crippen molar-refractivity contribution in [3.63, 3.8) is 0 Å². The van der Waals surface area contributed by atoms with Crippen LogP contribution in [0.2, 0.25) is 10.0 Å². The Morgan fingerprint density at radius 3 is 2.18 bits per heavy atom. The number of benzene rings is 2. The molecule has 0 unspecified atom stereocenters. The minimum Gasteiger partial charge on any atom is -0.484 e. The molecule has 0 radical (unpaired) electrons. The fourth-order valence-corrected chi connectivity index (χ4v) is 3.80. The molecule has 34 heavy (non-hydrogen) atoms. The van der Waals surface area contributed by atoms with Gasteiger partial charge in [-0.15, -0.1) is 0 Å². The van der Waals surface area contributed by atoms with E-state index in [2.05, 4.69) is 26.1 Å². The standard InChI is InChI=1S/C27H36Cl2N2O3/c1-7-18(3)30-26(33)24(8-2)31(16-19-9-14-22(28)23(29)15-19)25(32)17-34-21-12-10-20(11-13-21)27(4,5)6/h9-15,18,24H,7-8,16-17H2,1-6H3,(H,30,33)/t18-,24+/m1/s1. The molecule has 186 valence electrons. The average molecular weight is 508 g/mol. The number of carbonyl (C=O) groups excluding carboxylic acids is 2. The van der Waals surface area contributed by atoms with Crippen molar-refractivity contribution in [2.45, 2.75) is 78.4 Å². The summed E-state index contributed by atoms with van der Waals surface area (Å²) >= 11 is 12.2. The summed E-state index contributed by atoms with van der Waals surface area (Å²) in [4.78, 5) is 27.9. The van der Waals surface area contributed by atoms with E-state index in [0.717, 1.165) is 12.0 Å². The smallest absolute Gasteiger partial charge is 0.261 e. The first-order chi connectivity index (χ1) is 16.0. The van der Waals surface area contributed by atoms with Crippen molar-refractivity contribution in [1.29, 1.82) is 0 Å². The predicted molar refractivity (Wildman–Crippen MR) is 140 cm³/mol. The van der Waals surface area contributed by atoms with Gasteiger partial charge in [0.05, 0.1) is 10.0 Å². The Balaban J connectivity index is 2.23. The lowest BCUT2D eigenvalue weighted by Crippen LogP contribution is -2.51. The third-order valence-electron chi connectivity index (χ3n) is 5.81. The quantitative estimate of drug-likeness (QED) is 0.405. The fourth-order valence-electron chi connectivity index (χ4n) is 3.47. The lowest BCUT2D eigenvalue weighted by molar-refractivity contribution is -0.143. The highest BCUT2D eigenvalue weighted by molar-refractivity contribution is 6.42. The highest BCUT2D eigenvalue weighted by atomic mass is 35.5. The van der Waals surface area contributed by atoms with E-state index in [-0.39, 0.29) is 36.4 Å². The molecule has 0 saturated carbocycles. The summed E-state index contributed by atoms with van der Waals surface area (Å²) < 4.78 is 5.80. The summed E-state index contributed by atoms with van der Waals surface area (Å²) in [6.07, 6.45) is 1.27. The van der Waals surface area contributed by atoms with Gasteiger partial charge in [-0.05, 0) is 60.6 Å². The molecule has 1 N–H and O–H groups in total. The van der Waals surface area contributed by atoms with E-state index in [1.807, 2.05) is 45.0 Å². The molecule has 0 spiro atoms. The van der Waals surface area contributed by atoms with Gasteiger partial charge in [0.1, 0.15) is 11.8 Å². The van der Waals surface area contributed by atoms with Gasteiger partial charge >= 0.3 is 0 Å². The van der Waals surface area contributed by atoms with Crippen molar-refractivity contribution in [3.8, 4) is 5.75 Å². The van der Waals surface area contributed by atoms with Crippen LogP contribution in [0.5, 0.6) is 5.75 Å². The zero-order valence-corrected chi connectivity index (χ0v) is 22.5. The molecule has 0 fully saturated rings. The van der Waals surface area contributed by atoms with Gasteiger partial charge in [0.25, 0.3) is 5.91 Å². The molecule has 2 aromatic rings. The third-order valence-corrected chi connectivity index (χ3v) is 6.55. The Bertz CT molecular complexity index is 971. The largest absolute Gasteiger partial charge is 0.484 e. The van der Waals surface area contributed by atoms with Crippen LogP contribution in [0.1, 0.15) is 65.5 Å². The summed E-state index contributed by atoms with van der Waals surface area (Å²) in [5.41, 5.74) is 2.00. The minimum atomic E-state index is -0.636. The van der Waals surface area contributed by atoms with Gasteiger partial charge in [-0.25, -0.2) is 0 Å². The summed E-state index contributed by atoms with van der Waals surface area (Å²) in [7, 11) is 0. The Labute approximate surface area is 213 Å². The normalized spacial score (nSPS) is 13.2. The van der Waals surface area contributed by atoms with Crippen molar-refractivity contribution < 1.29 is 14.3 Å². The molecule has 2 aromatic carbocycles. The number of hydrogen-bond donors (Lipinski definition) is 1. The van der Waals surface area contributed by atoms with E-state index in [0.29, 0.717) is 22.2 Å². The van der Waals surface area contributed by atoms with E-state index in [9.17, 15) is 9.59 Å². The predicted octanol–water partition coefficient (Wildman–Crippen LogP) is 6.39. The molecule has 0 bridgehead atoms. The highest BCUT2D eigenvalue weighted by Gasteiger charge is 2.29. The van der Waals surface area contributed by atoms with Crippen LogP contribution in [0.15, 0.2) is 42.5 Å². The van der Waals surface area contributed by atoms with Crippen molar-refractivity contribution >= 4 is 35.0 Å². The monoisotopic (exact) mass is 506 g/mol. The van der Waals surface area contributed by atoms with Gasteiger partial charge in [-0.2, -0.15) is 0 Å². The second kappa shape index (κ2) is 12.5. The van der Waals surface area contributed by atoms with E-state index in [1.54, 1.807) is 23.1 Å². The SMILES string of the molecule is CC[C@@H](C)NC(=O)[C@H](CC)N(Cc1ccc(Cl)c(Cl)c1)C(=O)COc1ccc(C(C)(C)C)cc1. The number of ether oxygens (including phenoxy) is 1. The van der Waals surface area contributed by atoms with Crippen LogP contribution in [0.25, 0.3) is 0 Å². The first kappa shape index (κ1) is 28.0. The van der Waals surface area contributed by atoms with Gasteiger partial charge < -0.3 is 15.0 Å². The van der Waals surface area contributed by atoms with Crippen molar-refractivity contribution in [2.24, 2.45) is 0 Å². The van der Waals surface area contributed by atoms with Crippen LogP contribution in [-0.2, 0) is 21.5 Å². The van der Waals surface area contributed by atoms with Gasteiger partial charge in [0, 0.05) is 12.6 Å². The van der Waals surface area contributed by atoms with Gasteiger partial charge in [-0.1, -0.05) is 76.0 Å². The van der Waals surface area contributed by atoms with Crippen molar-refractivity contribution in [3.05, 3.63) is 63.6 Å². The first-order valence-corrected chi connectivity index (χ1v) is 12.5. The Kier molecular flexibility index (Phi) is 10.3. The molecule has 0 aromatic heterocycles. The summed E-state index contributed by atoms with van der Waals surface area (Å²) in [5.74, 6) is 0.143. The van der Waals surface area contributed by atoms with Crippen LogP contribution < -0.4 is 10.1 Å². The summed E-state index contributed by atoms with van der Waals surface area (Å²) in [6.45, 7) is 12.3. The Morgan fingerprint density at radius 1 is 1.00 bits per heavy atom. The Hall–Kier alpha value is -2.24. The molecule has 0 aliphatic heterocycles. The number of hydrogen-bond acceptors (Lipinski definition) is 3.